The second-order valence-corrected chi connectivity index (χ2v) is 4.35. The van der Waals surface area contributed by atoms with Gasteiger partial charge in [0, 0.05) is 12.2 Å². The summed E-state index contributed by atoms with van der Waals surface area (Å²) in [5, 5.41) is 7.16. The maximum absolute atomic E-state index is 5.40. The lowest BCUT2D eigenvalue weighted by molar-refractivity contribution is 0.0873. The van der Waals surface area contributed by atoms with Crippen molar-refractivity contribution < 1.29 is 9.26 Å². The Morgan fingerprint density at radius 1 is 1.22 bits per heavy atom. The molecule has 1 aliphatic rings. The smallest absolute Gasteiger partial charge is 0.264 e. The molecule has 1 aromatic heterocycles. The van der Waals surface area contributed by atoms with Gasteiger partial charge in [0.25, 0.3) is 11.8 Å². The van der Waals surface area contributed by atoms with Crippen molar-refractivity contribution in [2.24, 2.45) is 0 Å². The molecule has 0 saturated carbocycles. The van der Waals surface area contributed by atoms with Crippen molar-refractivity contribution in [3.05, 3.63) is 30.3 Å². The van der Waals surface area contributed by atoms with E-state index in [9.17, 15) is 0 Å². The van der Waals surface area contributed by atoms with Crippen LogP contribution in [0.15, 0.2) is 34.9 Å². The number of anilines is 1. The summed E-state index contributed by atoms with van der Waals surface area (Å²) in [5.41, 5.74) is 0.929. The Morgan fingerprint density at radius 3 is 2.89 bits per heavy atom. The van der Waals surface area contributed by atoms with Gasteiger partial charge in [0.1, 0.15) is 0 Å². The summed E-state index contributed by atoms with van der Waals surface area (Å²) in [4.78, 5) is 4.33. The average Bonchev–Trinajstić information content (AvgIpc) is 2.89. The topological polar surface area (TPSA) is 60.2 Å². The zero-order chi connectivity index (χ0) is 12.2. The molecule has 5 nitrogen and oxygen atoms in total. The van der Waals surface area contributed by atoms with E-state index in [2.05, 4.69) is 15.5 Å². The number of rotatable bonds is 3. The van der Waals surface area contributed by atoms with E-state index in [1.165, 1.54) is 0 Å². The minimum atomic E-state index is 0.278. The van der Waals surface area contributed by atoms with E-state index in [0.717, 1.165) is 25.0 Å². The summed E-state index contributed by atoms with van der Waals surface area (Å²) in [7, 11) is 0. The van der Waals surface area contributed by atoms with E-state index in [1.54, 1.807) is 0 Å². The molecular formula is C13H15N3O2. The Bertz CT molecular complexity index is 492. The molecule has 0 spiro atoms. The van der Waals surface area contributed by atoms with Crippen LogP contribution in [-0.4, -0.2) is 29.4 Å². The molecule has 1 atom stereocenters. The Kier molecular flexibility index (Phi) is 3.23. The van der Waals surface area contributed by atoms with Gasteiger partial charge < -0.3 is 14.6 Å². The SMILES string of the molecule is c1ccc(-c2nc(NC3CCCOC3)no2)cc1. The highest BCUT2D eigenvalue weighted by molar-refractivity contribution is 5.53. The maximum Gasteiger partial charge on any atom is 0.264 e. The molecule has 0 amide bonds. The second kappa shape index (κ2) is 5.18. The molecule has 0 radical (unpaired) electrons. The fourth-order valence-corrected chi connectivity index (χ4v) is 2.02. The van der Waals surface area contributed by atoms with Crippen LogP contribution in [-0.2, 0) is 4.74 Å². The fraction of sp³-hybridized carbons (Fsp3) is 0.385. The minimum absolute atomic E-state index is 0.278. The highest BCUT2D eigenvalue weighted by atomic mass is 16.5. The molecule has 1 N–H and O–H groups in total. The van der Waals surface area contributed by atoms with Gasteiger partial charge in [0.15, 0.2) is 0 Å². The van der Waals surface area contributed by atoms with Gasteiger partial charge in [-0.2, -0.15) is 4.98 Å². The van der Waals surface area contributed by atoms with Crippen molar-refractivity contribution >= 4 is 5.95 Å². The van der Waals surface area contributed by atoms with Crippen molar-refractivity contribution in [1.82, 2.24) is 10.1 Å². The second-order valence-electron chi connectivity index (χ2n) is 4.35. The zero-order valence-corrected chi connectivity index (χ0v) is 10.0. The summed E-state index contributed by atoms with van der Waals surface area (Å²) >= 11 is 0. The molecular weight excluding hydrogens is 230 g/mol. The minimum Gasteiger partial charge on any atom is -0.379 e. The standard InChI is InChI=1S/C13H15N3O2/c1-2-5-10(6-3-1)12-15-13(16-18-12)14-11-7-4-8-17-9-11/h1-3,5-6,11H,4,7-9H2,(H,14,16). The number of nitrogens with zero attached hydrogens (tertiary/aromatic N) is 2. The number of benzene rings is 1. The summed E-state index contributed by atoms with van der Waals surface area (Å²) < 4.78 is 10.6. The van der Waals surface area contributed by atoms with Crippen LogP contribution in [0, 0.1) is 0 Å². The van der Waals surface area contributed by atoms with Crippen LogP contribution in [0.1, 0.15) is 12.8 Å². The lowest BCUT2D eigenvalue weighted by atomic mass is 10.1. The predicted molar refractivity (Wildman–Crippen MR) is 67.2 cm³/mol. The summed E-state index contributed by atoms with van der Waals surface area (Å²) in [6.07, 6.45) is 2.15. The number of ether oxygens (including phenoxy) is 1. The van der Waals surface area contributed by atoms with Gasteiger partial charge in [0.2, 0.25) is 0 Å². The monoisotopic (exact) mass is 245 g/mol. The van der Waals surface area contributed by atoms with Crippen LogP contribution >= 0.6 is 0 Å². The van der Waals surface area contributed by atoms with Crippen molar-refractivity contribution in [3.8, 4) is 11.5 Å². The molecule has 1 unspecified atom stereocenters. The van der Waals surface area contributed by atoms with Gasteiger partial charge in [0.05, 0.1) is 12.6 Å². The van der Waals surface area contributed by atoms with Gasteiger partial charge in [-0.05, 0) is 30.1 Å². The molecule has 1 aliphatic heterocycles. The lowest BCUT2D eigenvalue weighted by Gasteiger charge is -2.21. The highest BCUT2D eigenvalue weighted by Gasteiger charge is 2.16. The third kappa shape index (κ3) is 2.51. The van der Waals surface area contributed by atoms with Crippen LogP contribution in [0.2, 0.25) is 0 Å². The Morgan fingerprint density at radius 2 is 2.11 bits per heavy atom. The first-order valence-electron chi connectivity index (χ1n) is 6.15. The lowest BCUT2D eigenvalue weighted by Crippen LogP contribution is -2.30. The van der Waals surface area contributed by atoms with E-state index in [-0.39, 0.29) is 6.04 Å². The first kappa shape index (κ1) is 11.2. The summed E-state index contributed by atoms with van der Waals surface area (Å²) in [6, 6.07) is 10.0. The Hall–Kier alpha value is -1.88. The molecule has 5 heteroatoms. The average molecular weight is 245 g/mol. The summed E-state index contributed by atoms with van der Waals surface area (Å²) in [6.45, 7) is 1.55. The third-order valence-electron chi connectivity index (χ3n) is 2.94. The molecule has 0 aliphatic carbocycles. The molecule has 1 saturated heterocycles. The predicted octanol–water partition coefficient (Wildman–Crippen LogP) is 2.33. The molecule has 94 valence electrons. The van der Waals surface area contributed by atoms with Crippen molar-refractivity contribution in [2.45, 2.75) is 18.9 Å². The van der Waals surface area contributed by atoms with Crippen molar-refractivity contribution in [1.29, 1.82) is 0 Å². The van der Waals surface area contributed by atoms with Crippen molar-refractivity contribution in [2.75, 3.05) is 18.5 Å². The van der Waals surface area contributed by atoms with E-state index in [0.29, 0.717) is 18.4 Å². The molecule has 3 rings (SSSR count). The number of hydrogen-bond acceptors (Lipinski definition) is 5. The number of nitrogens with one attached hydrogen (secondary N) is 1. The van der Waals surface area contributed by atoms with E-state index >= 15 is 0 Å². The molecule has 2 aromatic rings. The normalized spacial score (nSPS) is 19.7. The van der Waals surface area contributed by atoms with Crippen molar-refractivity contribution in [3.63, 3.8) is 0 Å². The third-order valence-corrected chi connectivity index (χ3v) is 2.94. The number of hydrogen-bond donors (Lipinski definition) is 1. The first-order chi connectivity index (χ1) is 8.92. The quantitative estimate of drug-likeness (QED) is 0.899. The van der Waals surface area contributed by atoms with Crippen LogP contribution in [0.25, 0.3) is 11.5 Å². The molecule has 18 heavy (non-hydrogen) atoms. The van der Waals surface area contributed by atoms with E-state index < -0.39 is 0 Å². The van der Waals surface area contributed by atoms with Gasteiger partial charge in [-0.25, -0.2) is 0 Å². The molecule has 1 aromatic carbocycles. The fourth-order valence-electron chi connectivity index (χ4n) is 2.02. The van der Waals surface area contributed by atoms with E-state index in [1.807, 2.05) is 30.3 Å². The van der Waals surface area contributed by atoms with Crippen LogP contribution in [0.3, 0.4) is 0 Å². The summed E-state index contributed by atoms with van der Waals surface area (Å²) in [5.74, 6) is 1.07. The van der Waals surface area contributed by atoms with Gasteiger partial charge >= 0.3 is 0 Å². The highest BCUT2D eigenvalue weighted by Crippen LogP contribution is 2.19. The molecule has 2 heterocycles. The van der Waals surface area contributed by atoms with Gasteiger partial charge in [-0.15, -0.1) is 0 Å². The Labute approximate surface area is 105 Å². The molecule has 1 fully saturated rings. The van der Waals surface area contributed by atoms with Gasteiger partial charge in [-0.1, -0.05) is 18.2 Å². The van der Waals surface area contributed by atoms with E-state index in [4.69, 9.17) is 9.26 Å². The van der Waals surface area contributed by atoms with Crippen LogP contribution in [0.5, 0.6) is 0 Å². The molecule has 0 bridgehead atoms. The Balaban J connectivity index is 1.69. The largest absolute Gasteiger partial charge is 0.379 e. The van der Waals surface area contributed by atoms with Gasteiger partial charge in [-0.3, -0.25) is 0 Å². The first-order valence-corrected chi connectivity index (χ1v) is 6.15. The maximum atomic E-state index is 5.40. The zero-order valence-electron chi connectivity index (χ0n) is 10.0. The number of aromatic nitrogens is 2. The van der Waals surface area contributed by atoms with Crippen LogP contribution < -0.4 is 5.32 Å². The van der Waals surface area contributed by atoms with Crippen LogP contribution in [0.4, 0.5) is 5.95 Å².